The number of anilines is 2. The van der Waals surface area contributed by atoms with Gasteiger partial charge in [0.1, 0.15) is 16.8 Å². The van der Waals surface area contributed by atoms with Gasteiger partial charge in [-0.2, -0.15) is 4.31 Å². The van der Waals surface area contributed by atoms with Crippen LogP contribution in [0.3, 0.4) is 0 Å². The van der Waals surface area contributed by atoms with E-state index in [1.165, 1.54) is 22.6 Å². The highest BCUT2D eigenvalue weighted by Gasteiger charge is 2.34. The summed E-state index contributed by atoms with van der Waals surface area (Å²) in [7, 11) is -2.11. The van der Waals surface area contributed by atoms with Crippen molar-refractivity contribution in [1.29, 1.82) is 0 Å². The Kier molecular flexibility index (Phi) is 6.06. The summed E-state index contributed by atoms with van der Waals surface area (Å²) in [5.74, 6) is 6.10. The van der Waals surface area contributed by atoms with E-state index in [1.807, 2.05) is 12.1 Å². The average molecular weight is 414 g/mol. The van der Waals surface area contributed by atoms with Crippen molar-refractivity contribution in [2.75, 3.05) is 37.3 Å². The van der Waals surface area contributed by atoms with E-state index < -0.39 is 10.0 Å². The minimum absolute atomic E-state index is 0.110. The predicted octanol–water partition coefficient (Wildman–Crippen LogP) is 0.926. The number of amides is 1. The molecule has 1 amide bonds. The van der Waals surface area contributed by atoms with Crippen LogP contribution in [0.2, 0.25) is 0 Å². The highest BCUT2D eigenvalue weighted by molar-refractivity contribution is 7.89. The molecule has 2 aromatic rings. The standard InChI is InChI=1S/C20H23N5O3S/c1-3-4-17-14-24(29(27,28)18-9-10-19(21)23-13-18)11-12-25(17)16-7-5-15(6-8-16)20(26)22-2/h5-10,13,17H,11-12,14H2,1-2H3,(H2,21,23)(H,22,26)/t17-/m0/s1. The molecule has 2 heterocycles. The molecule has 3 rings (SSSR count). The molecule has 0 spiro atoms. The van der Waals surface area contributed by atoms with Crippen LogP contribution in [0.1, 0.15) is 17.3 Å². The van der Waals surface area contributed by atoms with E-state index in [0.717, 1.165) is 5.69 Å². The molecule has 1 aromatic carbocycles. The Bertz CT molecular complexity index is 1040. The summed E-state index contributed by atoms with van der Waals surface area (Å²) in [6.07, 6.45) is 1.27. The van der Waals surface area contributed by atoms with Gasteiger partial charge in [-0.05, 0) is 43.3 Å². The Hall–Kier alpha value is -3.09. The number of hydrogen-bond acceptors (Lipinski definition) is 6. The van der Waals surface area contributed by atoms with E-state index in [-0.39, 0.29) is 29.2 Å². The van der Waals surface area contributed by atoms with Crippen LogP contribution in [-0.2, 0) is 10.0 Å². The Balaban J connectivity index is 1.83. The highest BCUT2D eigenvalue weighted by Crippen LogP contribution is 2.25. The van der Waals surface area contributed by atoms with Gasteiger partial charge in [0.05, 0.1) is 0 Å². The van der Waals surface area contributed by atoms with Crippen molar-refractivity contribution in [3.63, 3.8) is 0 Å². The summed E-state index contributed by atoms with van der Waals surface area (Å²) >= 11 is 0. The van der Waals surface area contributed by atoms with Gasteiger partial charge in [-0.25, -0.2) is 13.4 Å². The summed E-state index contributed by atoms with van der Waals surface area (Å²) in [4.78, 5) is 17.8. The number of benzene rings is 1. The highest BCUT2D eigenvalue weighted by atomic mass is 32.2. The largest absolute Gasteiger partial charge is 0.384 e. The molecule has 0 unspecified atom stereocenters. The molecule has 1 aromatic heterocycles. The first-order chi connectivity index (χ1) is 13.9. The molecule has 1 fully saturated rings. The third-order valence-corrected chi connectivity index (χ3v) is 6.59. The molecule has 1 aliphatic rings. The molecule has 8 nitrogen and oxygen atoms in total. The van der Waals surface area contributed by atoms with Crippen LogP contribution in [0, 0.1) is 11.8 Å². The third-order valence-electron chi connectivity index (χ3n) is 4.74. The number of rotatable bonds is 4. The number of nitrogens with one attached hydrogen (secondary N) is 1. The molecular weight excluding hydrogens is 390 g/mol. The van der Waals surface area contributed by atoms with Crippen LogP contribution in [0.15, 0.2) is 47.5 Å². The van der Waals surface area contributed by atoms with Gasteiger partial charge in [0, 0.05) is 44.1 Å². The minimum Gasteiger partial charge on any atom is -0.384 e. The fraction of sp³-hybridized carbons (Fsp3) is 0.300. The van der Waals surface area contributed by atoms with Gasteiger partial charge in [-0.3, -0.25) is 4.79 Å². The fourth-order valence-electron chi connectivity index (χ4n) is 3.22. The van der Waals surface area contributed by atoms with Gasteiger partial charge in [-0.15, -0.1) is 5.92 Å². The van der Waals surface area contributed by atoms with E-state index in [9.17, 15) is 13.2 Å². The summed E-state index contributed by atoms with van der Waals surface area (Å²) in [5.41, 5.74) is 7.01. The lowest BCUT2D eigenvalue weighted by Gasteiger charge is -2.39. The molecule has 1 aliphatic heterocycles. The fourth-order valence-corrected chi connectivity index (χ4v) is 4.60. The second-order valence-electron chi connectivity index (χ2n) is 6.51. The molecule has 152 valence electrons. The second-order valence-corrected chi connectivity index (χ2v) is 8.45. The molecule has 1 atom stereocenters. The minimum atomic E-state index is -3.69. The predicted molar refractivity (Wildman–Crippen MR) is 112 cm³/mol. The number of nitrogen functional groups attached to an aromatic ring is 1. The van der Waals surface area contributed by atoms with Crippen molar-refractivity contribution >= 4 is 27.4 Å². The molecule has 3 N–H and O–H groups in total. The van der Waals surface area contributed by atoms with Crippen molar-refractivity contribution in [2.24, 2.45) is 0 Å². The van der Waals surface area contributed by atoms with Crippen molar-refractivity contribution < 1.29 is 13.2 Å². The summed E-state index contributed by atoms with van der Waals surface area (Å²) in [6.45, 7) is 2.74. The van der Waals surface area contributed by atoms with Gasteiger partial charge >= 0.3 is 0 Å². The summed E-state index contributed by atoms with van der Waals surface area (Å²) in [6, 6.07) is 9.81. The summed E-state index contributed by atoms with van der Waals surface area (Å²) < 4.78 is 27.4. The number of carbonyl (C=O) groups excluding carboxylic acids is 1. The number of sulfonamides is 1. The zero-order valence-corrected chi connectivity index (χ0v) is 17.1. The maximum atomic E-state index is 13.0. The molecule has 0 aliphatic carbocycles. The van der Waals surface area contributed by atoms with Crippen LogP contribution < -0.4 is 16.0 Å². The third kappa shape index (κ3) is 4.34. The number of piperazine rings is 1. The van der Waals surface area contributed by atoms with Gasteiger partial charge in [0.25, 0.3) is 5.91 Å². The smallest absolute Gasteiger partial charge is 0.251 e. The van der Waals surface area contributed by atoms with Gasteiger partial charge in [-0.1, -0.05) is 5.92 Å². The first-order valence-corrected chi connectivity index (χ1v) is 10.5. The van der Waals surface area contributed by atoms with Crippen LogP contribution in [0.4, 0.5) is 11.5 Å². The molecule has 1 saturated heterocycles. The molecule has 0 saturated carbocycles. The maximum Gasteiger partial charge on any atom is 0.251 e. The van der Waals surface area contributed by atoms with E-state index in [0.29, 0.717) is 18.7 Å². The maximum absolute atomic E-state index is 13.0. The number of carbonyl (C=O) groups is 1. The first-order valence-electron chi connectivity index (χ1n) is 9.09. The van der Waals surface area contributed by atoms with Gasteiger partial charge in [0.2, 0.25) is 10.0 Å². The molecular formula is C20H23N5O3S. The van der Waals surface area contributed by atoms with E-state index in [2.05, 4.69) is 27.0 Å². The van der Waals surface area contributed by atoms with Crippen molar-refractivity contribution in [3.05, 3.63) is 48.2 Å². The van der Waals surface area contributed by atoms with Crippen molar-refractivity contribution in [1.82, 2.24) is 14.6 Å². The monoisotopic (exact) mass is 413 g/mol. The zero-order valence-electron chi connectivity index (χ0n) is 16.3. The quantitative estimate of drug-likeness (QED) is 0.722. The summed E-state index contributed by atoms with van der Waals surface area (Å²) in [5, 5.41) is 2.59. The molecule has 0 radical (unpaired) electrons. The average Bonchev–Trinajstić information content (AvgIpc) is 2.74. The Morgan fingerprint density at radius 1 is 1.21 bits per heavy atom. The number of aromatic nitrogens is 1. The van der Waals surface area contributed by atoms with Crippen LogP contribution in [-0.4, -0.2) is 56.3 Å². The van der Waals surface area contributed by atoms with Crippen molar-refractivity contribution in [2.45, 2.75) is 17.9 Å². The number of nitrogens with two attached hydrogens (primary N) is 1. The lowest BCUT2D eigenvalue weighted by atomic mass is 10.1. The van der Waals surface area contributed by atoms with E-state index in [1.54, 1.807) is 26.1 Å². The van der Waals surface area contributed by atoms with Crippen LogP contribution >= 0.6 is 0 Å². The number of pyridine rings is 1. The number of hydrogen-bond donors (Lipinski definition) is 2. The van der Waals surface area contributed by atoms with Crippen LogP contribution in [0.25, 0.3) is 0 Å². The van der Waals surface area contributed by atoms with Gasteiger partial charge < -0.3 is 16.0 Å². The molecule has 9 heteroatoms. The van der Waals surface area contributed by atoms with E-state index in [4.69, 9.17) is 5.73 Å². The topological polar surface area (TPSA) is 109 Å². The van der Waals surface area contributed by atoms with Crippen LogP contribution in [0.5, 0.6) is 0 Å². The number of nitrogens with zero attached hydrogens (tertiary/aromatic N) is 3. The SMILES string of the molecule is CC#C[C@H]1CN(S(=O)(=O)c2ccc(N)nc2)CCN1c1ccc(C(=O)NC)cc1. The zero-order chi connectivity index (χ0) is 21.0. The molecule has 0 bridgehead atoms. The Labute approximate surface area is 170 Å². The van der Waals surface area contributed by atoms with Crippen molar-refractivity contribution in [3.8, 4) is 11.8 Å². The first kappa shape index (κ1) is 20.6. The second kappa shape index (κ2) is 8.51. The molecule has 29 heavy (non-hydrogen) atoms. The normalized spacial score (nSPS) is 17.3. The van der Waals surface area contributed by atoms with E-state index >= 15 is 0 Å². The lowest BCUT2D eigenvalue weighted by molar-refractivity contribution is 0.0963. The lowest BCUT2D eigenvalue weighted by Crippen LogP contribution is -2.54. The van der Waals surface area contributed by atoms with Gasteiger partial charge in [0.15, 0.2) is 0 Å². The Morgan fingerprint density at radius 3 is 2.52 bits per heavy atom. The Morgan fingerprint density at radius 2 is 1.93 bits per heavy atom.